The van der Waals surface area contributed by atoms with Crippen molar-refractivity contribution in [1.82, 2.24) is 25.1 Å². The number of anilines is 2. The molecule has 0 saturated carbocycles. The maximum atomic E-state index is 13.3. The molecule has 2 N–H and O–H groups in total. The van der Waals surface area contributed by atoms with E-state index >= 15 is 0 Å². The Labute approximate surface area is 185 Å². The van der Waals surface area contributed by atoms with E-state index in [1.165, 1.54) is 5.56 Å². The Balaban J connectivity index is 1.31. The van der Waals surface area contributed by atoms with Crippen LogP contribution in [-0.4, -0.2) is 57.3 Å². The molecule has 0 radical (unpaired) electrons. The maximum absolute atomic E-state index is 13.3. The third kappa shape index (κ3) is 4.45. The van der Waals surface area contributed by atoms with Gasteiger partial charge in [-0.15, -0.1) is 0 Å². The number of nitrogens with one attached hydrogen (secondary N) is 2. The highest BCUT2D eigenvalue weighted by Crippen LogP contribution is 2.22. The van der Waals surface area contributed by atoms with Gasteiger partial charge < -0.3 is 15.0 Å². The lowest BCUT2D eigenvalue weighted by molar-refractivity contribution is 0.0737. The van der Waals surface area contributed by atoms with Crippen molar-refractivity contribution >= 4 is 28.4 Å². The molecule has 162 valence electrons. The lowest BCUT2D eigenvalue weighted by atomic mass is 9.97. The number of rotatable bonds is 5. The number of ether oxygens (including phenoxy) is 1. The molecule has 0 aliphatic carbocycles. The number of nitrogens with zero attached hydrogens (tertiary/aromatic N) is 4. The number of hydrogen-bond donors (Lipinski definition) is 2. The van der Waals surface area contributed by atoms with E-state index in [2.05, 4.69) is 31.5 Å². The predicted octanol–water partition coefficient (Wildman–Crippen LogP) is 3.43. The molecule has 0 bridgehead atoms. The summed E-state index contributed by atoms with van der Waals surface area (Å²) < 4.78 is 5.85. The predicted molar refractivity (Wildman–Crippen MR) is 122 cm³/mol. The smallest absolute Gasteiger partial charge is 0.254 e. The van der Waals surface area contributed by atoms with Crippen molar-refractivity contribution in [2.24, 2.45) is 5.92 Å². The fourth-order valence-corrected chi connectivity index (χ4v) is 4.11. The van der Waals surface area contributed by atoms with Crippen molar-refractivity contribution in [3.05, 3.63) is 78.2 Å². The highest BCUT2D eigenvalue weighted by atomic mass is 16.5. The Bertz CT molecular complexity index is 1210. The van der Waals surface area contributed by atoms with Gasteiger partial charge in [-0.05, 0) is 42.3 Å². The fourth-order valence-electron chi connectivity index (χ4n) is 4.11. The minimum atomic E-state index is -0.000324. The normalized spacial score (nSPS) is 16.6. The summed E-state index contributed by atoms with van der Waals surface area (Å²) in [5.74, 6) is 0.703. The van der Waals surface area contributed by atoms with Crippen LogP contribution in [0.3, 0.4) is 0 Å². The second kappa shape index (κ2) is 9.15. The van der Waals surface area contributed by atoms with Gasteiger partial charge in [0.1, 0.15) is 0 Å². The standard InChI is InChI=1S/C24H24N6O2/c31-23(19-5-1-6-20(13-19)28-24-25-8-3-9-26-24)30-10-11-32-16-17(15-30)12-18-4-2-7-22-21(18)14-27-29-22/h1-9,13-14,17H,10-12,15-16H2,(H,27,29)(H,25,26,28)/t17-/m0/s1. The molecule has 1 aliphatic rings. The lowest BCUT2D eigenvalue weighted by Gasteiger charge is -2.24. The quantitative estimate of drug-likeness (QED) is 0.506. The Morgan fingerprint density at radius 2 is 2.03 bits per heavy atom. The number of carbonyl (C=O) groups excluding carboxylic acids is 1. The molecule has 4 aromatic rings. The van der Waals surface area contributed by atoms with Crippen molar-refractivity contribution in [1.29, 1.82) is 0 Å². The van der Waals surface area contributed by atoms with Crippen LogP contribution in [0.2, 0.25) is 0 Å². The first kappa shape index (κ1) is 20.1. The van der Waals surface area contributed by atoms with E-state index in [0.717, 1.165) is 23.0 Å². The van der Waals surface area contributed by atoms with E-state index in [9.17, 15) is 4.79 Å². The number of benzene rings is 2. The molecule has 2 aromatic heterocycles. The zero-order chi connectivity index (χ0) is 21.8. The highest BCUT2D eigenvalue weighted by molar-refractivity contribution is 5.95. The van der Waals surface area contributed by atoms with Gasteiger partial charge in [0, 0.05) is 48.0 Å². The van der Waals surface area contributed by atoms with Crippen molar-refractivity contribution in [3.8, 4) is 0 Å². The summed E-state index contributed by atoms with van der Waals surface area (Å²) in [6.45, 7) is 2.39. The molecule has 1 amide bonds. The number of carbonyl (C=O) groups is 1. The zero-order valence-corrected chi connectivity index (χ0v) is 17.6. The van der Waals surface area contributed by atoms with Crippen LogP contribution in [0.25, 0.3) is 10.9 Å². The molecule has 32 heavy (non-hydrogen) atoms. The topological polar surface area (TPSA) is 96.0 Å². The van der Waals surface area contributed by atoms with Crippen LogP contribution in [0.4, 0.5) is 11.6 Å². The molecule has 8 heteroatoms. The average molecular weight is 428 g/mol. The second-order valence-electron chi connectivity index (χ2n) is 7.92. The minimum Gasteiger partial charge on any atom is -0.379 e. The Morgan fingerprint density at radius 1 is 1.16 bits per heavy atom. The minimum absolute atomic E-state index is 0.000324. The van der Waals surface area contributed by atoms with Gasteiger partial charge in [0.2, 0.25) is 5.95 Å². The molecule has 5 rings (SSSR count). The van der Waals surface area contributed by atoms with Crippen LogP contribution in [0.5, 0.6) is 0 Å². The van der Waals surface area contributed by atoms with Crippen LogP contribution < -0.4 is 5.32 Å². The molecule has 1 saturated heterocycles. The van der Waals surface area contributed by atoms with Crippen molar-refractivity contribution < 1.29 is 9.53 Å². The summed E-state index contributed by atoms with van der Waals surface area (Å²) >= 11 is 0. The third-order valence-corrected chi connectivity index (χ3v) is 5.64. The summed E-state index contributed by atoms with van der Waals surface area (Å²) in [4.78, 5) is 23.6. The number of hydrogen-bond acceptors (Lipinski definition) is 6. The van der Waals surface area contributed by atoms with Gasteiger partial charge in [-0.25, -0.2) is 9.97 Å². The van der Waals surface area contributed by atoms with E-state index in [4.69, 9.17) is 4.74 Å². The van der Waals surface area contributed by atoms with Crippen molar-refractivity contribution in [3.63, 3.8) is 0 Å². The summed E-state index contributed by atoms with van der Waals surface area (Å²) in [6, 6.07) is 15.4. The average Bonchev–Trinajstić information content (AvgIpc) is 3.19. The molecule has 3 heterocycles. The van der Waals surface area contributed by atoms with Gasteiger partial charge in [0.25, 0.3) is 5.91 Å². The van der Waals surface area contributed by atoms with E-state index in [0.29, 0.717) is 37.8 Å². The summed E-state index contributed by atoms with van der Waals surface area (Å²) in [7, 11) is 0. The summed E-state index contributed by atoms with van der Waals surface area (Å²) in [5.41, 5.74) is 3.64. The van der Waals surface area contributed by atoms with Gasteiger partial charge >= 0.3 is 0 Å². The molecular weight excluding hydrogens is 404 g/mol. The summed E-state index contributed by atoms with van der Waals surface area (Å²) in [5, 5.41) is 11.4. The van der Waals surface area contributed by atoms with Crippen molar-refractivity contribution in [2.75, 3.05) is 31.6 Å². The Hall–Kier alpha value is -3.78. The van der Waals surface area contributed by atoms with Crippen LogP contribution in [0, 0.1) is 5.92 Å². The molecule has 1 fully saturated rings. The van der Waals surface area contributed by atoms with Gasteiger partial charge in [-0.3, -0.25) is 9.89 Å². The number of aromatic nitrogens is 4. The Kier molecular flexibility index (Phi) is 5.76. The fraction of sp³-hybridized carbons (Fsp3) is 0.250. The monoisotopic (exact) mass is 428 g/mol. The maximum Gasteiger partial charge on any atom is 0.254 e. The first-order valence-electron chi connectivity index (χ1n) is 10.7. The molecule has 0 unspecified atom stereocenters. The number of amides is 1. The molecule has 2 aromatic carbocycles. The van der Waals surface area contributed by atoms with Gasteiger partial charge in [0.05, 0.1) is 24.9 Å². The van der Waals surface area contributed by atoms with E-state index in [1.54, 1.807) is 18.5 Å². The zero-order valence-electron chi connectivity index (χ0n) is 17.6. The van der Waals surface area contributed by atoms with Crippen LogP contribution >= 0.6 is 0 Å². The van der Waals surface area contributed by atoms with Gasteiger partial charge in [-0.2, -0.15) is 5.10 Å². The number of H-pyrrole nitrogens is 1. The molecular formula is C24H24N6O2. The first-order valence-corrected chi connectivity index (χ1v) is 10.7. The second-order valence-corrected chi connectivity index (χ2v) is 7.92. The summed E-state index contributed by atoms with van der Waals surface area (Å²) in [6.07, 6.45) is 6.03. The van der Waals surface area contributed by atoms with Gasteiger partial charge in [0.15, 0.2) is 0 Å². The van der Waals surface area contributed by atoms with Crippen LogP contribution in [0.15, 0.2) is 67.1 Å². The largest absolute Gasteiger partial charge is 0.379 e. The molecule has 0 spiro atoms. The number of aromatic amines is 1. The number of fused-ring (bicyclic) bond motifs is 1. The SMILES string of the molecule is O=C(c1cccc(Nc2ncccn2)c1)N1CCOC[C@@H](Cc2cccc3[nH]ncc23)C1. The Morgan fingerprint density at radius 3 is 2.94 bits per heavy atom. The van der Waals surface area contributed by atoms with Crippen LogP contribution in [-0.2, 0) is 11.2 Å². The lowest BCUT2D eigenvalue weighted by Crippen LogP contribution is -2.36. The van der Waals surface area contributed by atoms with Crippen LogP contribution in [0.1, 0.15) is 15.9 Å². The third-order valence-electron chi connectivity index (χ3n) is 5.64. The molecule has 1 aliphatic heterocycles. The van der Waals surface area contributed by atoms with E-state index < -0.39 is 0 Å². The van der Waals surface area contributed by atoms with Crippen molar-refractivity contribution in [2.45, 2.75) is 6.42 Å². The molecule has 1 atom stereocenters. The molecule has 8 nitrogen and oxygen atoms in total. The first-order chi connectivity index (χ1) is 15.8. The van der Waals surface area contributed by atoms with Gasteiger partial charge in [-0.1, -0.05) is 18.2 Å². The van der Waals surface area contributed by atoms with E-state index in [-0.39, 0.29) is 11.8 Å². The highest BCUT2D eigenvalue weighted by Gasteiger charge is 2.24. The van der Waals surface area contributed by atoms with E-state index in [1.807, 2.05) is 47.5 Å².